The van der Waals surface area contributed by atoms with Crippen molar-refractivity contribution >= 4 is 86.2 Å². The Morgan fingerprint density at radius 3 is 2.36 bits per heavy atom. The van der Waals surface area contributed by atoms with Crippen molar-refractivity contribution in [3.63, 3.8) is 0 Å². The molecule has 2 aromatic heterocycles. The van der Waals surface area contributed by atoms with Gasteiger partial charge in [-0.25, -0.2) is 4.79 Å². The molecule has 0 saturated heterocycles. The van der Waals surface area contributed by atoms with Gasteiger partial charge in [-0.15, -0.1) is 11.3 Å². The molecule has 0 radical (unpaired) electrons. The van der Waals surface area contributed by atoms with E-state index in [2.05, 4.69) is 5.32 Å². The number of rotatable bonds is 8. The zero-order valence-corrected chi connectivity index (χ0v) is 23.5. The van der Waals surface area contributed by atoms with Crippen LogP contribution in [0.2, 0.25) is 25.1 Å². The summed E-state index contributed by atoms with van der Waals surface area (Å²) in [6, 6.07) is 3.08. The Morgan fingerprint density at radius 2 is 1.67 bits per heavy atom. The van der Waals surface area contributed by atoms with Crippen LogP contribution in [0.3, 0.4) is 0 Å². The van der Waals surface area contributed by atoms with Crippen molar-refractivity contribution in [2.24, 2.45) is 0 Å². The van der Waals surface area contributed by atoms with Gasteiger partial charge in [-0.3, -0.25) is 4.79 Å². The highest BCUT2D eigenvalue weighted by Crippen LogP contribution is 2.48. The van der Waals surface area contributed by atoms with Crippen molar-refractivity contribution in [2.75, 3.05) is 11.9 Å². The third kappa shape index (κ3) is 5.62. The highest BCUT2D eigenvalue weighted by Gasteiger charge is 2.28. The zero-order chi connectivity index (χ0) is 26.0. The monoisotopic (exact) mass is 609 g/mol. The second kappa shape index (κ2) is 11.8. The lowest BCUT2D eigenvalue weighted by Crippen LogP contribution is -2.15. The van der Waals surface area contributed by atoms with Gasteiger partial charge in [0.15, 0.2) is 11.5 Å². The van der Waals surface area contributed by atoms with Gasteiger partial charge in [0, 0.05) is 4.88 Å². The molecule has 1 aliphatic carbocycles. The molecule has 0 fully saturated rings. The van der Waals surface area contributed by atoms with Crippen molar-refractivity contribution in [3.8, 4) is 5.75 Å². The maximum atomic E-state index is 13.0. The number of aryl methyl sites for hydroxylation is 1. The van der Waals surface area contributed by atoms with Gasteiger partial charge in [0.05, 0.1) is 27.2 Å². The Balaban J connectivity index is 1.50. The Hall–Kier alpha value is -1.61. The van der Waals surface area contributed by atoms with Gasteiger partial charge in [-0.05, 0) is 49.8 Å². The molecule has 0 atom stereocenters. The fourth-order valence-corrected chi connectivity index (χ4v) is 6.24. The highest BCUT2D eigenvalue weighted by atomic mass is 35.5. The van der Waals surface area contributed by atoms with Gasteiger partial charge in [-0.2, -0.15) is 0 Å². The van der Waals surface area contributed by atoms with Gasteiger partial charge in [0.25, 0.3) is 5.91 Å². The van der Waals surface area contributed by atoms with Crippen molar-refractivity contribution < 1.29 is 23.5 Å². The first kappa shape index (κ1) is 27.4. The van der Waals surface area contributed by atoms with Crippen molar-refractivity contribution in [2.45, 2.75) is 45.6 Å². The van der Waals surface area contributed by atoms with Crippen LogP contribution in [0.5, 0.6) is 5.75 Å². The molecule has 3 aromatic rings. The molecule has 0 aliphatic heterocycles. The van der Waals surface area contributed by atoms with Gasteiger partial charge in [0.1, 0.15) is 27.4 Å². The predicted molar refractivity (Wildman–Crippen MR) is 144 cm³/mol. The largest absolute Gasteiger partial charge is 0.482 e. The fraction of sp³-hybridized carbons (Fsp3) is 0.333. The van der Waals surface area contributed by atoms with Crippen molar-refractivity contribution in [1.82, 2.24) is 0 Å². The van der Waals surface area contributed by atoms with E-state index in [0.29, 0.717) is 29.4 Å². The van der Waals surface area contributed by atoms with Crippen LogP contribution in [-0.4, -0.2) is 18.5 Å². The normalized spacial score (nSPS) is 12.8. The highest BCUT2D eigenvalue weighted by molar-refractivity contribution is 7.17. The minimum Gasteiger partial charge on any atom is -0.482 e. The molecule has 6 nitrogen and oxygen atoms in total. The lowest BCUT2D eigenvalue weighted by atomic mass is 9.95. The van der Waals surface area contributed by atoms with Crippen LogP contribution in [0, 0.1) is 0 Å². The van der Waals surface area contributed by atoms with E-state index in [1.54, 1.807) is 6.07 Å². The molecule has 36 heavy (non-hydrogen) atoms. The Morgan fingerprint density at radius 1 is 1.00 bits per heavy atom. The van der Waals surface area contributed by atoms with Gasteiger partial charge >= 0.3 is 5.97 Å². The molecule has 0 unspecified atom stereocenters. The van der Waals surface area contributed by atoms with Gasteiger partial charge in [-0.1, -0.05) is 64.9 Å². The first-order valence-electron chi connectivity index (χ1n) is 11.1. The van der Waals surface area contributed by atoms with Crippen LogP contribution in [0.25, 0.3) is 0 Å². The molecule has 12 heteroatoms. The molecule has 192 valence electrons. The molecule has 1 aliphatic rings. The number of nitrogens with one attached hydrogen (secondary N) is 1. The maximum absolute atomic E-state index is 13.0. The van der Waals surface area contributed by atoms with E-state index in [1.807, 2.05) is 6.92 Å². The van der Waals surface area contributed by atoms with E-state index < -0.39 is 11.9 Å². The fourth-order valence-electron chi connectivity index (χ4n) is 3.73. The molecule has 0 bridgehead atoms. The standard InChI is InChI=1S/C24H20Cl5NO5S/c1-2-9-33-24(32)15-12-5-3-4-6-14(12)36-23(15)30-22(31)13-8-7-11(35-13)10-34-21-19(28)17(26)16(25)18(27)20(21)29/h7-8H,2-6,9-10H2,1H3,(H,30,31). The summed E-state index contributed by atoms with van der Waals surface area (Å²) in [7, 11) is 0. The average Bonchev–Trinajstić information content (AvgIpc) is 3.49. The van der Waals surface area contributed by atoms with Crippen LogP contribution < -0.4 is 10.1 Å². The van der Waals surface area contributed by atoms with Crippen LogP contribution in [0.1, 0.15) is 63.3 Å². The minimum atomic E-state index is -0.502. The van der Waals surface area contributed by atoms with E-state index in [0.717, 1.165) is 36.1 Å². The summed E-state index contributed by atoms with van der Waals surface area (Å²) >= 11 is 31.9. The number of amides is 1. The second-order valence-electron chi connectivity index (χ2n) is 7.96. The van der Waals surface area contributed by atoms with Gasteiger partial charge in [0.2, 0.25) is 0 Å². The number of furan rings is 1. The summed E-state index contributed by atoms with van der Waals surface area (Å²) in [5.74, 6) is -0.522. The number of halogens is 5. The summed E-state index contributed by atoms with van der Waals surface area (Å²) in [5.41, 5.74) is 1.40. The smallest absolute Gasteiger partial charge is 0.341 e. The quantitative estimate of drug-likeness (QED) is 0.156. The number of hydrogen-bond acceptors (Lipinski definition) is 6. The van der Waals surface area contributed by atoms with Crippen LogP contribution in [0.15, 0.2) is 16.5 Å². The predicted octanol–water partition coefficient (Wildman–Crippen LogP) is 8.88. The Kier molecular flexibility index (Phi) is 9.02. The van der Waals surface area contributed by atoms with E-state index in [-0.39, 0.29) is 43.2 Å². The number of carbonyl (C=O) groups excluding carboxylic acids is 2. The SMILES string of the molecule is CCCOC(=O)c1c(NC(=O)c2ccc(COc3c(Cl)c(Cl)c(Cl)c(Cl)c3Cl)o2)sc2c1CCCC2. The Labute approximate surface area is 236 Å². The van der Waals surface area contributed by atoms with Crippen LogP contribution in [-0.2, 0) is 24.2 Å². The first-order valence-corrected chi connectivity index (χ1v) is 13.8. The molecule has 4 rings (SSSR count). The number of ether oxygens (including phenoxy) is 2. The maximum Gasteiger partial charge on any atom is 0.341 e. The number of carbonyl (C=O) groups is 2. The summed E-state index contributed by atoms with van der Waals surface area (Å²) in [6.07, 6.45) is 4.40. The molecule has 1 amide bonds. The third-order valence-electron chi connectivity index (χ3n) is 5.45. The molecule has 0 saturated carbocycles. The summed E-state index contributed by atoms with van der Waals surface area (Å²) in [4.78, 5) is 26.8. The summed E-state index contributed by atoms with van der Waals surface area (Å²) < 4.78 is 16.7. The number of hydrogen-bond donors (Lipinski definition) is 1. The number of esters is 1. The zero-order valence-electron chi connectivity index (χ0n) is 18.9. The van der Waals surface area contributed by atoms with Crippen molar-refractivity contribution in [3.05, 3.63) is 64.8 Å². The Bertz CT molecular complexity index is 1290. The number of anilines is 1. The molecule has 0 spiro atoms. The van der Waals surface area contributed by atoms with E-state index in [9.17, 15) is 9.59 Å². The molecule has 1 N–H and O–H groups in total. The van der Waals surface area contributed by atoms with E-state index in [4.69, 9.17) is 71.9 Å². The van der Waals surface area contributed by atoms with Crippen LogP contribution in [0.4, 0.5) is 5.00 Å². The molecule has 1 aromatic carbocycles. The topological polar surface area (TPSA) is 77.8 Å². The van der Waals surface area contributed by atoms with Gasteiger partial charge < -0.3 is 19.2 Å². The van der Waals surface area contributed by atoms with Crippen molar-refractivity contribution in [1.29, 1.82) is 0 Å². The molecule has 2 heterocycles. The first-order chi connectivity index (χ1) is 17.2. The second-order valence-corrected chi connectivity index (χ2v) is 11.0. The molecular formula is C24H20Cl5NO5S. The minimum absolute atomic E-state index is 0.00439. The lowest BCUT2D eigenvalue weighted by Gasteiger charge is -2.13. The number of benzene rings is 1. The van der Waals surface area contributed by atoms with E-state index in [1.165, 1.54) is 17.4 Å². The van der Waals surface area contributed by atoms with E-state index >= 15 is 0 Å². The lowest BCUT2D eigenvalue weighted by molar-refractivity contribution is 0.0505. The average molecular weight is 612 g/mol. The number of fused-ring (bicyclic) bond motifs is 1. The third-order valence-corrected chi connectivity index (χ3v) is 8.90. The summed E-state index contributed by atoms with van der Waals surface area (Å²) in [6.45, 7) is 2.13. The van der Waals surface area contributed by atoms with Crippen LogP contribution >= 0.6 is 69.3 Å². The number of thiophene rings is 1. The molecular weight excluding hydrogens is 592 g/mol. The summed E-state index contributed by atoms with van der Waals surface area (Å²) in [5, 5.41) is 3.33.